The molecule has 0 saturated heterocycles. The van der Waals surface area contributed by atoms with Crippen molar-refractivity contribution in [3.8, 4) is 0 Å². The van der Waals surface area contributed by atoms with E-state index in [1.807, 2.05) is 6.08 Å². The maximum absolute atomic E-state index is 12.5. The van der Waals surface area contributed by atoms with Crippen LogP contribution in [-0.2, 0) is 4.79 Å². The van der Waals surface area contributed by atoms with Crippen LogP contribution in [0.1, 0.15) is 373 Å². The highest BCUT2D eigenvalue weighted by molar-refractivity contribution is 5.76. The van der Waals surface area contributed by atoms with Crippen LogP contribution < -0.4 is 5.32 Å². The molecule has 4 heteroatoms. The summed E-state index contributed by atoms with van der Waals surface area (Å²) in [4.78, 5) is 12.5. The highest BCUT2D eigenvalue weighted by Gasteiger charge is 2.18. The summed E-state index contributed by atoms with van der Waals surface area (Å²) in [6, 6.07) is -0.637. The molecule has 416 valence electrons. The van der Waals surface area contributed by atoms with Gasteiger partial charge in [-0.15, -0.1) is 0 Å². The smallest absolute Gasteiger partial charge is 0.220 e. The first-order valence-corrected chi connectivity index (χ1v) is 32.6. The predicted molar refractivity (Wildman–Crippen MR) is 313 cm³/mol. The second-order valence-electron chi connectivity index (χ2n) is 22.5. The zero-order valence-electron chi connectivity index (χ0n) is 48.1. The highest BCUT2D eigenvalue weighted by Crippen LogP contribution is 2.19. The molecule has 0 aliphatic rings. The van der Waals surface area contributed by atoms with E-state index in [2.05, 4.69) is 31.3 Å². The van der Waals surface area contributed by atoms with Crippen LogP contribution in [0.15, 0.2) is 24.3 Å². The molecule has 0 aromatic carbocycles. The first kappa shape index (κ1) is 68.9. The summed E-state index contributed by atoms with van der Waals surface area (Å²) in [6.45, 7) is 4.35. The Morgan fingerprint density at radius 2 is 0.557 bits per heavy atom. The molecule has 0 saturated carbocycles. The number of aliphatic hydroxyl groups excluding tert-OH is 2. The van der Waals surface area contributed by atoms with Gasteiger partial charge in [-0.3, -0.25) is 4.79 Å². The van der Waals surface area contributed by atoms with Crippen molar-refractivity contribution in [2.24, 2.45) is 0 Å². The standard InChI is InChI=1S/C66H129NO3/c1-3-5-7-9-11-13-15-17-19-21-23-25-27-29-31-33-35-37-39-41-43-45-47-49-51-53-55-57-59-61-65(69)64(63-68)67-66(70)62-60-58-56-54-52-50-48-46-44-42-40-38-36-34-32-30-28-26-24-22-20-18-16-14-12-10-8-6-4-2/h51,53,59,61,64-65,68-69H,3-50,52,54-58,60,62-63H2,1-2H3,(H,67,70)/b53-51+,61-59+. The zero-order valence-corrected chi connectivity index (χ0v) is 48.1. The Hall–Kier alpha value is -1.13. The molecule has 0 aliphatic heterocycles. The molecule has 0 spiro atoms. The van der Waals surface area contributed by atoms with Crippen molar-refractivity contribution in [3.05, 3.63) is 24.3 Å². The van der Waals surface area contributed by atoms with Crippen LogP contribution in [0.3, 0.4) is 0 Å². The molecular formula is C66H129NO3. The van der Waals surface area contributed by atoms with Gasteiger partial charge in [0.25, 0.3) is 0 Å². The second-order valence-corrected chi connectivity index (χ2v) is 22.5. The third-order valence-electron chi connectivity index (χ3n) is 15.4. The molecule has 0 aromatic rings. The molecule has 0 fully saturated rings. The number of hydrogen-bond acceptors (Lipinski definition) is 3. The number of nitrogens with one attached hydrogen (secondary N) is 1. The van der Waals surface area contributed by atoms with Crippen LogP contribution in [0.5, 0.6) is 0 Å². The number of rotatable bonds is 61. The SMILES string of the molecule is CCCCCCCCCCCCCCCCCCCCCCCCC/C=C/CC/C=C/C(O)C(CO)NC(=O)CCCCCCCCCCCCCCCCCCCCCCCCCCCCCCC. The average molecular weight is 985 g/mol. The molecule has 70 heavy (non-hydrogen) atoms. The monoisotopic (exact) mass is 984 g/mol. The molecule has 0 bridgehead atoms. The van der Waals surface area contributed by atoms with E-state index in [0.717, 1.165) is 32.1 Å². The Kier molecular flexibility index (Phi) is 61.2. The predicted octanol–water partition coefficient (Wildman–Crippen LogP) is 21.8. The number of carbonyl (C=O) groups is 1. The summed E-state index contributed by atoms with van der Waals surface area (Å²) >= 11 is 0. The van der Waals surface area contributed by atoms with E-state index >= 15 is 0 Å². The molecule has 4 nitrogen and oxygen atoms in total. The minimum absolute atomic E-state index is 0.0648. The van der Waals surface area contributed by atoms with Gasteiger partial charge in [-0.1, -0.05) is 359 Å². The Morgan fingerprint density at radius 3 is 0.829 bits per heavy atom. The van der Waals surface area contributed by atoms with Crippen molar-refractivity contribution < 1.29 is 15.0 Å². The summed E-state index contributed by atoms with van der Waals surface area (Å²) in [5, 5.41) is 23.2. The van der Waals surface area contributed by atoms with E-state index in [-0.39, 0.29) is 12.5 Å². The average Bonchev–Trinajstić information content (AvgIpc) is 3.36. The quantitative estimate of drug-likeness (QED) is 0.0420. The lowest BCUT2D eigenvalue weighted by Crippen LogP contribution is -2.45. The maximum Gasteiger partial charge on any atom is 0.220 e. The van der Waals surface area contributed by atoms with Crippen molar-refractivity contribution in [2.75, 3.05) is 6.61 Å². The fourth-order valence-electron chi connectivity index (χ4n) is 10.5. The Balaban J connectivity index is 3.45. The highest BCUT2D eigenvalue weighted by atomic mass is 16.3. The van der Waals surface area contributed by atoms with Gasteiger partial charge in [0.2, 0.25) is 5.91 Å². The normalized spacial score (nSPS) is 12.8. The molecule has 0 aromatic heterocycles. The van der Waals surface area contributed by atoms with E-state index in [1.165, 1.54) is 321 Å². The zero-order chi connectivity index (χ0) is 50.6. The Labute approximate surface area is 440 Å². The van der Waals surface area contributed by atoms with Gasteiger partial charge in [0.05, 0.1) is 18.8 Å². The van der Waals surface area contributed by atoms with Gasteiger partial charge in [0.15, 0.2) is 0 Å². The van der Waals surface area contributed by atoms with Crippen LogP contribution >= 0.6 is 0 Å². The Morgan fingerprint density at radius 1 is 0.329 bits per heavy atom. The van der Waals surface area contributed by atoms with Gasteiger partial charge < -0.3 is 15.5 Å². The molecular weight excluding hydrogens is 855 g/mol. The van der Waals surface area contributed by atoms with Gasteiger partial charge >= 0.3 is 0 Å². The van der Waals surface area contributed by atoms with Crippen molar-refractivity contribution >= 4 is 5.91 Å². The number of allylic oxidation sites excluding steroid dienone is 3. The van der Waals surface area contributed by atoms with Gasteiger partial charge in [-0.25, -0.2) is 0 Å². The topological polar surface area (TPSA) is 69.6 Å². The van der Waals surface area contributed by atoms with Gasteiger partial charge in [0.1, 0.15) is 0 Å². The van der Waals surface area contributed by atoms with Crippen molar-refractivity contribution in [3.63, 3.8) is 0 Å². The number of aliphatic hydroxyl groups is 2. The fourth-order valence-corrected chi connectivity index (χ4v) is 10.5. The van der Waals surface area contributed by atoms with E-state index < -0.39 is 12.1 Å². The Bertz CT molecular complexity index is 1020. The lowest BCUT2D eigenvalue weighted by Gasteiger charge is -2.19. The van der Waals surface area contributed by atoms with Gasteiger partial charge in [0, 0.05) is 6.42 Å². The van der Waals surface area contributed by atoms with Crippen molar-refractivity contribution in [2.45, 2.75) is 386 Å². The van der Waals surface area contributed by atoms with Crippen LogP contribution in [0.2, 0.25) is 0 Å². The van der Waals surface area contributed by atoms with Crippen molar-refractivity contribution in [1.82, 2.24) is 5.32 Å². The number of hydrogen-bond donors (Lipinski definition) is 3. The lowest BCUT2D eigenvalue weighted by molar-refractivity contribution is -0.123. The largest absolute Gasteiger partial charge is 0.394 e. The first-order valence-electron chi connectivity index (χ1n) is 32.6. The summed E-state index contributed by atoms with van der Waals surface area (Å²) < 4.78 is 0. The molecule has 2 unspecified atom stereocenters. The number of unbranched alkanes of at least 4 members (excludes halogenated alkanes) is 52. The summed E-state index contributed by atoms with van der Waals surface area (Å²) in [6.07, 6.45) is 83.9. The second kappa shape index (κ2) is 62.2. The number of carbonyl (C=O) groups excluding carboxylic acids is 1. The number of amides is 1. The van der Waals surface area contributed by atoms with Crippen LogP contribution in [0.25, 0.3) is 0 Å². The molecule has 0 rings (SSSR count). The maximum atomic E-state index is 12.5. The molecule has 0 aliphatic carbocycles. The molecule has 0 heterocycles. The summed E-state index contributed by atoms with van der Waals surface area (Å²) in [5.41, 5.74) is 0. The molecule has 1 amide bonds. The fraction of sp³-hybridized carbons (Fsp3) is 0.924. The molecule has 3 N–H and O–H groups in total. The van der Waals surface area contributed by atoms with E-state index in [9.17, 15) is 15.0 Å². The lowest BCUT2D eigenvalue weighted by atomic mass is 10.0. The van der Waals surface area contributed by atoms with Crippen LogP contribution in [0.4, 0.5) is 0 Å². The third-order valence-corrected chi connectivity index (χ3v) is 15.4. The first-order chi connectivity index (χ1) is 34.7. The minimum Gasteiger partial charge on any atom is -0.394 e. The molecule has 2 atom stereocenters. The third kappa shape index (κ3) is 57.8. The van der Waals surface area contributed by atoms with E-state index in [4.69, 9.17) is 0 Å². The van der Waals surface area contributed by atoms with Gasteiger partial charge in [-0.05, 0) is 32.1 Å². The summed E-state index contributed by atoms with van der Waals surface area (Å²) in [7, 11) is 0. The molecule has 0 radical (unpaired) electrons. The van der Waals surface area contributed by atoms with E-state index in [1.54, 1.807) is 6.08 Å². The summed E-state index contributed by atoms with van der Waals surface area (Å²) in [5.74, 6) is -0.0648. The van der Waals surface area contributed by atoms with Gasteiger partial charge in [-0.2, -0.15) is 0 Å². The van der Waals surface area contributed by atoms with Crippen molar-refractivity contribution in [1.29, 1.82) is 0 Å². The van der Waals surface area contributed by atoms with Crippen LogP contribution in [-0.4, -0.2) is 34.9 Å². The minimum atomic E-state index is -0.861. The van der Waals surface area contributed by atoms with Crippen LogP contribution in [0, 0.1) is 0 Å². The van der Waals surface area contributed by atoms with E-state index in [0.29, 0.717) is 6.42 Å².